The lowest BCUT2D eigenvalue weighted by Crippen LogP contribution is -2.30. The molecule has 5 rings (SSSR count). The number of carbonyl (C=O) groups excluding carboxylic acids is 1. The number of halogens is 3. The van der Waals surface area contributed by atoms with Crippen LogP contribution in [0.3, 0.4) is 0 Å². The lowest BCUT2D eigenvalue weighted by molar-refractivity contribution is -0.138. The van der Waals surface area contributed by atoms with Crippen LogP contribution >= 0.6 is 0 Å². The number of cyclic esters (lactones) is 1. The number of ether oxygens (including phenoxy) is 2. The summed E-state index contributed by atoms with van der Waals surface area (Å²) < 4.78 is 53.7. The van der Waals surface area contributed by atoms with E-state index >= 15 is 0 Å². The van der Waals surface area contributed by atoms with Gasteiger partial charge in [-0.05, 0) is 73.4 Å². The van der Waals surface area contributed by atoms with Crippen molar-refractivity contribution in [2.24, 2.45) is 11.8 Å². The molecule has 0 aromatic heterocycles. The van der Waals surface area contributed by atoms with Gasteiger partial charge in [0.2, 0.25) is 0 Å². The second-order valence-electron chi connectivity index (χ2n) is 10.2. The Labute approximate surface area is 198 Å². The summed E-state index contributed by atoms with van der Waals surface area (Å²) in [6.45, 7) is 2.11. The summed E-state index contributed by atoms with van der Waals surface area (Å²) in [7, 11) is 0. The van der Waals surface area contributed by atoms with Gasteiger partial charge in [0, 0.05) is 5.69 Å². The van der Waals surface area contributed by atoms with E-state index < -0.39 is 17.8 Å². The van der Waals surface area contributed by atoms with Crippen LogP contribution in [0.4, 0.5) is 23.7 Å². The van der Waals surface area contributed by atoms with E-state index in [0.29, 0.717) is 17.0 Å². The molecule has 1 amide bonds. The average Bonchev–Trinajstić information content (AvgIpc) is 3.16. The normalized spacial score (nSPS) is 26.6. The van der Waals surface area contributed by atoms with Gasteiger partial charge in [-0.3, -0.25) is 4.90 Å². The maximum Gasteiger partial charge on any atom is 0.420 e. The molecule has 34 heavy (non-hydrogen) atoms. The number of carbonyl (C=O) groups is 1. The van der Waals surface area contributed by atoms with Crippen molar-refractivity contribution in [2.45, 2.75) is 83.0 Å². The molecule has 2 aliphatic carbocycles. The third kappa shape index (κ3) is 4.58. The van der Waals surface area contributed by atoms with E-state index in [0.717, 1.165) is 31.6 Å². The Bertz CT molecular complexity index is 1040. The SMILES string of the molecule is C[C@@H]1COC(=O)N1c1ccc2c(C(F)(F)F)c(O[C@H]3CC[C@H](C4CCCCC4)CC3)ccc2c1. The first kappa shape index (κ1) is 23.3. The minimum atomic E-state index is -4.55. The molecule has 2 aromatic rings. The van der Waals surface area contributed by atoms with Gasteiger partial charge in [-0.2, -0.15) is 13.2 Å². The van der Waals surface area contributed by atoms with Gasteiger partial charge in [-0.1, -0.05) is 44.2 Å². The minimum absolute atomic E-state index is 0.0878. The zero-order chi connectivity index (χ0) is 23.9. The first-order chi connectivity index (χ1) is 16.3. The van der Waals surface area contributed by atoms with Crippen LogP contribution in [0, 0.1) is 11.8 Å². The van der Waals surface area contributed by atoms with Gasteiger partial charge in [0.1, 0.15) is 17.9 Å². The summed E-state index contributed by atoms with van der Waals surface area (Å²) in [6, 6.07) is 7.54. The summed E-state index contributed by atoms with van der Waals surface area (Å²) in [6.07, 6.45) is 5.05. The zero-order valence-corrected chi connectivity index (χ0v) is 19.6. The van der Waals surface area contributed by atoms with Crippen LogP contribution in [0.25, 0.3) is 10.8 Å². The molecule has 7 heteroatoms. The van der Waals surface area contributed by atoms with E-state index in [4.69, 9.17) is 9.47 Å². The van der Waals surface area contributed by atoms with Crippen LogP contribution in [0.2, 0.25) is 0 Å². The molecule has 1 atom stereocenters. The number of alkyl halides is 3. The van der Waals surface area contributed by atoms with Crippen molar-refractivity contribution < 1.29 is 27.4 Å². The van der Waals surface area contributed by atoms with E-state index in [1.807, 2.05) is 6.92 Å². The number of rotatable bonds is 4. The first-order valence-electron chi connectivity index (χ1n) is 12.6. The van der Waals surface area contributed by atoms with Crippen molar-refractivity contribution in [3.05, 3.63) is 35.9 Å². The topological polar surface area (TPSA) is 38.8 Å². The van der Waals surface area contributed by atoms with E-state index in [-0.39, 0.29) is 29.9 Å². The lowest BCUT2D eigenvalue weighted by Gasteiger charge is -2.36. The maximum atomic E-state index is 14.2. The Morgan fingerprint density at radius 1 is 0.941 bits per heavy atom. The fourth-order valence-corrected chi connectivity index (χ4v) is 6.18. The molecular weight excluding hydrogens is 443 g/mol. The van der Waals surface area contributed by atoms with E-state index in [1.165, 1.54) is 49.1 Å². The Morgan fingerprint density at radius 2 is 1.65 bits per heavy atom. The van der Waals surface area contributed by atoms with Crippen molar-refractivity contribution in [3.63, 3.8) is 0 Å². The van der Waals surface area contributed by atoms with Crippen LogP contribution < -0.4 is 9.64 Å². The number of hydrogen-bond acceptors (Lipinski definition) is 3. The van der Waals surface area contributed by atoms with Gasteiger partial charge >= 0.3 is 12.3 Å². The van der Waals surface area contributed by atoms with Gasteiger partial charge < -0.3 is 9.47 Å². The van der Waals surface area contributed by atoms with Gasteiger partial charge in [0.15, 0.2) is 0 Å². The Morgan fingerprint density at radius 3 is 2.29 bits per heavy atom. The van der Waals surface area contributed by atoms with Gasteiger partial charge in [0.05, 0.1) is 12.1 Å². The van der Waals surface area contributed by atoms with Crippen molar-refractivity contribution in [1.29, 1.82) is 0 Å². The fourth-order valence-electron chi connectivity index (χ4n) is 6.18. The second kappa shape index (κ2) is 9.31. The number of hydrogen-bond donors (Lipinski definition) is 0. The molecule has 3 aliphatic rings. The highest BCUT2D eigenvalue weighted by atomic mass is 19.4. The predicted octanol–water partition coefficient (Wildman–Crippen LogP) is 7.72. The highest BCUT2D eigenvalue weighted by molar-refractivity contribution is 5.96. The summed E-state index contributed by atoms with van der Waals surface area (Å²) in [5.41, 5.74) is -0.201. The monoisotopic (exact) mass is 475 g/mol. The zero-order valence-electron chi connectivity index (χ0n) is 19.6. The quantitative estimate of drug-likeness (QED) is 0.454. The maximum absolute atomic E-state index is 14.2. The number of nitrogens with zero attached hydrogens (tertiary/aromatic N) is 1. The van der Waals surface area contributed by atoms with Crippen LogP contribution in [0.15, 0.2) is 30.3 Å². The third-order valence-corrected chi connectivity index (χ3v) is 7.94. The van der Waals surface area contributed by atoms with Crippen molar-refractivity contribution >= 4 is 22.6 Å². The van der Waals surface area contributed by atoms with Gasteiger partial charge in [0.25, 0.3) is 0 Å². The number of amides is 1. The molecular formula is C27H32F3NO3. The van der Waals surface area contributed by atoms with E-state index in [2.05, 4.69) is 0 Å². The Hall–Kier alpha value is -2.44. The number of fused-ring (bicyclic) bond motifs is 1. The van der Waals surface area contributed by atoms with Crippen molar-refractivity contribution in [3.8, 4) is 5.75 Å². The minimum Gasteiger partial charge on any atom is -0.490 e. The van der Waals surface area contributed by atoms with Crippen LogP contribution in [-0.4, -0.2) is 24.8 Å². The molecule has 184 valence electrons. The van der Waals surface area contributed by atoms with Crippen LogP contribution in [-0.2, 0) is 10.9 Å². The van der Waals surface area contributed by atoms with Crippen LogP contribution in [0.1, 0.15) is 70.3 Å². The molecule has 2 saturated carbocycles. The third-order valence-electron chi connectivity index (χ3n) is 7.94. The summed E-state index contributed by atoms with van der Waals surface area (Å²) >= 11 is 0. The smallest absolute Gasteiger partial charge is 0.420 e. The Kier molecular flexibility index (Phi) is 6.38. The molecule has 0 N–H and O–H groups in total. The largest absolute Gasteiger partial charge is 0.490 e. The standard InChI is InChI=1S/C27H32F3NO3/c1-17-16-33-26(32)31(17)21-10-13-23-20(15-21)9-14-24(25(23)27(28,29)30)34-22-11-7-19(8-12-22)18-5-3-2-4-6-18/h9-10,13-15,17-19,22H,2-8,11-12,16H2,1H3/t17-,19-,22-/m1/s1. The molecule has 3 fully saturated rings. The summed E-state index contributed by atoms with van der Waals surface area (Å²) in [4.78, 5) is 13.5. The van der Waals surface area contributed by atoms with E-state index in [1.54, 1.807) is 18.2 Å². The molecule has 1 aliphatic heterocycles. The summed E-state index contributed by atoms with van der Waals surface area (Å²) in [5.74, 6) is 1.38. The number of benzene rings is 2. The molecule has 4 nitrogen and oxygen atoms in total. The lowest BCUT2D eigenvalue weighted by atomic mass is 9.73. The Balaban J connectivity index is 1.37. The fraction of sp³-hybridized carbons (Fsp3) is 0.593. The highest BCUT2D eigenvalue weighted by Crippen LogP contribution is 2.44. The number of anilines is 1. The van der Waals surface area contributed by atoms with E-state index in [9.17, 15) is 18.0 Å². The first-order valence-corrected chi connectivity index (χ1v) is 12.6. The molecule has 1 heterocycles. The molecule has 2 aromatic carbocycles. The molecule has 0 radical (unpaired) electrons. The van der Waals surface area contributed by atoms with Crippen molar-refractivity contribution in [1.82, 2.24) is 0 Å². The molecule has 0 spiro atoms. The van der Waals surface area contributed by atoms with Gasteiger partial charge in [-0.25, -0.2) is 4.79 Å². The predicted molar refractivity (Wildman–Crippen MR) is 125 cm³/mol. The molecule has 1 saturated heterocycles. The molecule has 0 unspecified atom stereocenters. The van der Waals surface area contributed by atoms with Crippen LogP contribution in [0.5, 0.6) is 5.75 Å². The second-order valence-corrected chi connectivity index (χ2v) is 10.2. The van der Waals surface area contributed by atoms with Crippen molar-refractivity contribution in [2.75, 3.05) is 11.5 Å². The molecule has 0 bridgehead atoms. The van der Waals surface area contributed by atoms with Gasteiger partial charge in [-0.15, -0.1) is 0 Å². The average molecular weight is 476 g/mol. The summed E-state index contributed by atoms with van der Waals surface area (Å²) in [5, 5.41) is 0.509. The highest BCUT2D eigenvalue weighted by Gasteiger charge is 2.38.